The SMILES string of the molecule is CC(C)=CC(O)C[C@@H](C)c1ccc(C)cc1. The summed E-state index contributed by atoms with van der Waals surface area (Å²) in [6.07, 6.45) is 2.38. The van der Waals surface area contributed by atoms with Crippen molar-refractivity contribution in [2.45, 2.75) is 46.1 Å². The minimum Gasteiger partial charge on any atom is -0.389 e. The zero-order valence-corrected chi connectivity index (χ0v) is 10.7. The fraction of sp³-hybridized carbons (Fsp3) is 0.467. The van der Waals surface area contributed by atoms with Crippen molar-refractivity contribution in [3.8, 4) is 0 Å². The molecule has 0 aromatic heterocycles. The predicted octanol–water partition coefficient (Wildman–Crippen LogP) is 3.82. The Morgan fingerprint density at radius 2 is 1.81 bits per heavy atom. The van der Waals surface area contributed by atoms with E-state index in [0.717, 1.165) is 6.42 Å². The minimum absolute atomic E-state index is 0.332. The van der Waals surface area contributed by atoms with Gasteiger partial charge in [-0.15, -0.1) is 0 Å². The third-order valence-electron chi connectivity index (χ3n) is 2.77. The Morgan fingerprint density at radius 1 is 1.25 bits per heavy atom. The first-order chi connectivity index (χ1) is 7.49. The first kappa shape index (κ1) is 13.0. The summed E-state index contributed by atoms with van der Waals surface area (Å²) < 4.78 is 0. The van der Waals surface area contributed by atoms with Gasteiger partial charge >= 0.3 is 0 Å². The van der Waals surface area contributed by atoms with E-state index in [1.54, 1.807) is 0 Å². The number of rotatable bonds is 4. The summed E-state index contributed by atoms with van der Waals surface area (Å²) in [4.78, 5) is 0. The van der Waals surface area contributed by atoms with E-state index in [-0.39, 0.29) is 6.10 Å². The molecule has 1 heteroatoms. The Labute approximate surface area is 98.8 Å². The Balaban J connectivity index is 2.62. The van der Waals surface area contributed by atoms with Crippen LogP contribution in [-0.2, 0) is 0 Å². The van der Waals surface area contributed by atoms with Crippen molar-refractivity contribution in [1.82, 2.24) is 0 Å². The van der Waals surface area contributed by atoms with Crippen LogP contribution >= 0.6 is 0 Å². The maximum atomic E-state index is 9.83. The lowest BCUT2D eigenvalue weighted by atomic mass is 9.94. The van der Waals surface area contributed by atoms with Gasteiger partial charge in [-0.05, 0) is 38.7 Å². The van der Waals surface area contributed by atoms with Crippen molar-refractivity contribution >= 4 is 0 Å². The van der Waals surface area contributed by atoms with Crippen molar-refractivity contribution in [3.05, 3.63) is 47.0 Å². The van der Waals surface area contributed by atoms with E-state index in [4.69, 9.17) is 0 Å². The second kappa shape index (κ2) is 5.86. The van der Waals surface area contributed by atoms with Crippen LogP contribution in [0.2, 0.25) is 0 Å². The van der Waals surface area contributed by atoms with Gasteiger partial charge in [-0.3, -0.25) is 0 Å². The van der Waals surface area contributed by atoms with Crippen LogP contribution < -0.4 is 0 Å². The standard InChI is InChI=1S/C15H22O/c1-11(2)9-15(16)10-13(4)14-7-5-12(3)6-8-14/h5-9,13,15-16H,10H2,1-4H3/t13-,15?/m1/s1. The molecule has 1 nitrogen and oxygen atoms in total. The summed E-state index contributed by atoms with van der Waals surface area (Å²) in [5, 5.41) is 9.83. The zero-order chi connectivity index (χ0) is 12.1. The highest BCUT2D eigenvalue weighted by molar-refractivity contribution is 5.24. The summed E-state index contributed by atoms with van der Waals surface area (Å²) in [7, 11) is 0. The van der Waals surface area contributed by atoms with Gasteiger partial charge in [-0.25, -0.2) is 0 Å². The van der Waals surface area contributed by atoms with Gasteiger partial charge < -0.3 is 5.11 Å². The lowest BCUT2D eigenvalue weighted by Crippen LogP contribution is -2.08. The minimum atomic E-state index is -0.332. The Morgan fingerprint density at radius 3 is 2.31 bits per heavy atom. The lowest BCUT2D eigenvalue weighted by Gasteiger charge is -2.15. The van der Waals surface area contributed by atoms with Crippen LogP contribution in [0.1, 0.15) is 44.2 Å². The van der Waals surface area contributed by atoms with Crippen molar-refractivity contribution in [2.75, 3.05) is 0 Å². The Kier molecular flexibility index (Phi) is 4.75. The molecule has 0 bridgehead atoms. The molecule has 1 unspecified atom stereocenters. The van der Waals surface area contributed by atoms with Crippen LogP contribution in [0.3, 0.4) is 0 Å². The molecule has 0 heterocycles. The molecule has 0 saturated carbocycles. The average molecular weight is 218 g/mol. The van der Waals surface area contributed by atoms with Crippen molar-refractivity contribution < 1.29 is 5.11 Å². The largest absolute Gasteiger partial charge is 0.389 e. The molecule has 0 fully saturated rings. The molecule has 0 amide bonds. The normalized spacial score (nSPS) is 14.3. The molecular formula is C15H22O. The van der Waals surface area contributed by atoms with E-state index in [0.29, 0.717) is 5.92 Å². The molecule has 0 saturated heterocycles. The van der Waals surface area contributed by atoms with E-state index in [1.165, 1.54) is 16.7 Å². The van der Waals surface area contributed by atoms with Gasteiger partial charge in [0.25, 0.3) is 0 Å². The number of allylic oxidation sites excluding steroid dienone is 1. The highest BCUT2D eigenvalue weighted by Crippen LogP contribution is 2.21. The number of benzene rings is 1. The van der Waals surface area contributed by atoms with Gasteiger partial charge in [-0.2, -0.15) is 0 Å². The monoisotopic (exact) mass is 218 g/mol. The second-order valence-corrected chi connectivity index (χ2v) is 4.86. The number of aliphatic hydroxyl groups is 1. The van der Waals surface area contributed by atoms with Gasteiger partial charge in [0.2, 0.25) is 0 Å². The summed E-state index contributed by atoms with van der Waals surface area (Å²) in [6.45, 7) is 8.28. The third-order valence-corrected chi connectivity index (χ3v) is 2.77. The molecule has 2 atom stereocenters. The molecule has 0 spiro atoms. The fourth-order valence-electron chi connectivity index (χ4n) is 1.85. The maximum absolute atomic E-state index is 9.83. The number of aliphatic hydroxyl groups excluding tert-OH is 1. The molecule has 0 aliphatic heterocycles. The van der Waals surface area contributed by atoms with Gasteiger partial charge in [0, 0.05) is 0 Å². The first-order valence-corrected chi connectivity index (χ1v) is 5.88. The van der Waals surface area contributed by atoms with E-state index in [1.807, 2.05) is 19.9 Å². The van der Waals surface area contributed by atoms with Crippen molar-refractivity contribution in [1.29, 1.82) is 0 Å². The first-order valence-electron chi connectivity index (χ1n) is 5.88. The van der Waals surface area contributed by atoms with Gasteiger partial charge in [0.05, 0.1) is 6.10 Å². The molecule has 1 N–H and O–H groups in total. The van der Waals surface area contributed by atoms with Crippen LogP contribution in [0.15, 0.2) is 35.9 Å². The van der Waals surface area contributed by atoms with Crippen LogP contribution in [0, 0.1) is 6.92 Å². The van der Waals surface area contributed by atoms with E-state index in [9.17, 15) is 5.11 Å². The van der Waals surface area contributed by atoms with Crippen molar-refractivity contribution in [2.24, 2.45) is 0 Å². The molecule has 0 radical (unpaired) electrons. The molecule has 0 aliphatic carbocycles. The van der Waals surface area contributed by atoms with E-state index >= 15 is 0 Å². The van der Waals surface area contributed by atoms with Crippen LogP contribution in [0.4, 0.5) is 0 Å². The van der Waals surface area contributed by atoms with Crippen LogP contribution in [0.5, 0.6) is 0 Å². The molecule has 1 aromatic rings. The molecule has 1 aromatic carbocycles. The quantitative estimate of drug-likeness (QED) is 0.762. The molecular weight excluding hydrogens is 196 g/mol. The Hall–Kier alpha value is -1.08. The van der Waals surface area contributed by atoms with E-state index < -0.39 is 0 Å². The zero-order valence-electron chi connectivity index (χ0n) is 10.7. The topological polar surface area (TPSA) is 20.2 Å². The van der Waals surface area contributed by atoms with Crippen LogP contribution in [-0.4, -0.2) is 11.2 Å². The third kappa shape index (κ3) is 4.19. The highest BCUT2D eigenvalue weighted by atomic mass is 16.3. The van der Waals surface area contributed by atoms with Crippen molar-refractivity contribution in [3.63, 3.8) is 0 Å². The number of hydrogen-bond acceptors (Lipinski definition) is 1. The summed E-state index contributed by atoms with van der Waals surface area (Å²) in [6, 6.07) is 8.54. The second-order valence-electron chi connectivity index (χ2n) is 4.86. The van der Waals surface area contributed by atoms with Crippen LogP contribution in [0.25, 0.3) is 0 Å². The molecule has 0 aliphatic rings. The van der Waals surface area contributed by atoms with E-state index in [2.05, 4.69) is 38.1 Å². The lowest BCUT2D eigenvalue weighted by molar-refractivity contribution is 0.203. The smallest absolute Gasteiger partial charge is 0.0729 e. The molecule has 1 rings (SSSR count). The molecule has 16 heavy (non-hydrogen) atoms. The predicted molar refractivity (Wildman–Crippen MR) is 69.6 cm³/mol. The van der Waals surface area contributed by atoms with Gasteiger partial charge in [-0.1, -0.05) is 48.4 Å². The van der Waals surface area contributed by atoms with Gasteiger partial charge in [0.15, 0.2) is 0 Å². The average Bonchev–Trinajstić information content (AvgIpc) is 2.16. The number of aryl methyl sites for hydroxylation is 1. The summed E-state index contributed by atoms with van der Waals surface area (Å²) in [5.41, 5.74) is 3.75. The summed E-state index contributed by atoms with van der Waals surface area (Å²) >= 11 is 0. The summed E-state index contributed by atoms with van der Waals surface area (Å²) in [5.74, 6) is 0.395. The number of hydrogen-bond donors (Lipinski definition) is 1. The maximum Gasteiger partial charge on any atom is 0.0729 e. The Bertz CT molecular complexity index is 344. The fourth-order valence-corrected chi connectivity index (χ4v) is 1.85. The van der Waals surface area contributed by atoms with Gasteiger partial charge in [0.1, 0.15) is 0 Å². The molecule has 88 valence electrons. The highest BCUT2D eigenvalue weighted by Gasteiger charge is 2.09.